The molecule has 1 aromatic heterocycles. The Balaban J connectivity index is 1.62. The van der Waals surface area contributed by atoms with Crippen LogP contribution >= 0.6 is 11.3 Å². The molecule has 152 valence electrons. The van der Waals surface area contributed by atoms with Crippen LogP contribution in [-0.2, 0) is 19.5 Å². The molecule has 0 amide bonds. The standard InChI is InChI=1S/C22H33N5S/c1-6-23-21(24-13-20-16(2)26-17(3)28-20)25-15-22(4,5)27-12-11-18-9-7-8-10-19(18)14-27/h7-10H,6,11-15H2,1-5H3,(H2,23,24,25). The van der Waals surface area contributed by atoms with Gasteiger partial charge in [-0.05, 0) is 52.2 Å². The molecule has 3 rings (SSSR count). The molecule has 0 atom stereocenters. The van der Waals surface area contributed by atoms with Gasteiger partial charge in [-0.3, -0.25) is 4.90 Å². The van der Waals surface area contributed by atoms with Gasteiger partial charge in [0, 0.05) is 36.6 Å². The van der Waals surface area contributed by atoms with E-state index in [1.54, 1.807) is 11.3 Å². The molecule has 0 bridgehead atoms. The lowest BCUT2D eigenvalue weighted by atomic mass is 9.94. The zero-order valence-electron chi connectivity index (χ0n) is 17.8. The first-order chi connectivity index (χ1) is 13.4. The Bertz CT molecular complexity index is 824. The van der Waals surface area contributed by atoms with Gasteiger partial charge in [0.25, 0.3) is 0 Å². The number of hydrogen-bond donors (Lipinski definition) is 2. The van der Waals surface area contributed by atoms with E-state index in [-0.39, 0.29) is 5.54 Å². The van der Waals surface area contributed by atoms with Gasteiger partial charge in [0.1, 0.15) is 0 Å². The van der Waals surface area contributed by atoms with Crippen molar-refractivity contribution in [3.63, 3.8) is 0 Å². The SMILES string of the molecule is CCNC(=NCc1sc(C)nc1C)NCC(C)(C)N1CCc2ccccc2C1. The summed E-state index contributed by atoms with van der Waals surface area (Å²) in [6.45, 7) is 15.3. The minimum Gasteiger partial charge on any atom is -0.357 e. The lowest BCUT2D eigenvalue weighted by molar-refractivity contribution is 0.107. The normalized spacial score (nSPS) is 15.4. The Morgan fingerprint density at radius 2 is 1.96 bits per heavy atom. The van der Waals surface area contributed by atoms with Crippen molar-refractivity contribution in [2.75, 3.05) is 19.6 Å². The van der Waals surface area contributed by atoms with Crippen molar-refractivity contribution in [3.05, 3.63) is 51.0 Å². The Kier molecular flexibility index (Phi) is 6.73. The number of benzene rings is 1. The van der Waals surface area contributed by atoms with Crippen LogP contribution in [0.25, 0.3) is 0 Å². The number of guanidine groups is 1. The van der Waals surface area contributed by atoms with Gasteiger partial charge >= 0.3 is 0 Å². The minimum absolute atomic E-state index is 0.0424. The lowest BCUT2D eigenvalue weighted by Crippen LogP contribution is -2.54. The summed E-state index contributed by atoms with van der Waals surface area (Å²) in [5.74, 6) is 0.874. The van der Waals surface area contributed by atoms with Gasteiger partial charge in [0.2, 0.25) is 0 Å². The molecule has 6 heteroatoms. The second-order valence-corrected chi connectivity index (χ2v) is 9.33. The van der Waals surface area contributed by atoms with E-state index in [1.807, 2.05) is 6.92 Å². The summed E-state index contributed by atoms with van der Waals surface area (Å²) < 4.78 is 0. The van der Waals surface area contributed by atoms with Crippen molar-refractivity contribution in [2.45, 2.75) is 59.7 Å². The van der Waals surface area contributed by atoms with Crippen molar-refractivity contribution in [1.82, 2.24) is 20.5 Å². The van der Waals surface area contributed by atoms with Gasteiger partial charge < -0.3 is 10.6 Å². The number of fused-ring (bicyclic) bond motifs is 1. The lowest BCUT2D eigenvalue weighted by Gasteiger charge is -2.42. The number of aryl methyl sites for hydroxylation is 2. The molecule has 0 radical (unpaired) electrons. The summed E-state index contributed by atoms with van der Waals surface area (Å²) in [6.07, 6.45) is 1.12. The van der Waals surface area contributed by atoms with Crippen LogP contribution in [0.5, 0.6) is 0 Å². The molecule has 1 aromatic carbocycles. The number of aliphatic imine (C=N–C) groups is 1. The molecule has 0 spiro atoms. The number of aromatic nitrogens is 1. The van der Waals surface area contributed by atoms with E-state index in [0.29, 0.717) is 6.54 Å². The highest BCUT2D eigenvalue weighted by Crippen LogP contribution is 2.25. The Hall–Kier alpha value is -1.92. The molecule has 0 aliphatic carbocycles. The summed E-state index contributed by atoms with van der Waals surface area (Å²) >= 11 is 1.73. The molecular weight excluding hydrogens is 366 g/mol. The molecule has 28 heavy (non-hydrogen) atoms. The number of rotatable bonds is 6. The maximum Gasteiger partial charge on any atom is 0.191 e. The number of nitrogens with one attached hydrogen (secondary N) is 2. The Morgan fingerprint density at radius 3 is 2.64 bits per heavy atom. The third kappa shape index (κ3) is 5.11. The fraction of sp³-hybridized carbons (Fsp3) is 0.545. The molecule has 1 aliphatic heterocycles. The number of thiazole rings is 1. The first kappa shape index (κ1) is 20.8. The van der Waals surface area contributed by atoms with Crippen molar-refractivity contribution in [1.29, 1.82) is 0 Å². The molecule has 0 unspecified atom stereocenters. The maximum absolute atomic E-state index is 4.79. The Morgan fingerprint density at radius 1 is 1.21 bits per heavy atom. The molecule has 0 fully saturated rings. The first-order valence-corrected chi connectivity index (χ1v) is 11.0. The third-order valence-electron chi connectivity index (χ3n) is 5.40. The smallest absolute Gasteiger partial charge is 0.191 e. The topological polar surface area (TPSA) is 52.6 Å². The van der Waals surface area contributed by atoms with E-state index in [9.17, 15) is 0 Å². The van der Waals surface area contributed by atoms with Gasteiger partial charge in [0.05, 0.1) is 17.2 Å². The summed E-state index contributed by atoms with van der Waals surface area (Å²) in [5.41, 5.74) is 4.08. The van der Waals surface area contributed by atoms with Crippen LogP contribution in [0.1, 0.15) is 47.5 Å². The van der Waals surface area contributed by atoms with Crippen molar-refractivity contribution < 1.29 is 0 Å². The molecule has 0 saturated carbocycles. The van der Waals surface area contributed by atoms with Crippen molar-refractivity contribution in [2.24, 2.45) is 4.99 Å². The van der Waals surface area contributed by atoms with Crippen LogP contribution in [0.2, 0.25) is 0 Å². The molecule has 1 aliphatic rings. The first-order valence-electron chi connectivity index (χ1n) is 10.2. The van der Waals surface area contributed by atoms with E-state index in [0.717, 1.165) is 49.3 Å². The van der Waals surface area contributed by atoms with Crippen molar-refractivity contribution in [3.8, 4) is 0 Å². The molecule has 2 aromatic rings. The number of nitrogens with zero attached hydrogens (tertiary/aromatic N) is 3. The van der Waals surface area contributed by atoms with E-state index in [2.05, 4.69) is 72.5 Å². The summed E-state index contributed by atoms with van der Waals surface area (Å²) in [6, 6.07) is 8.81. The van der Waals surface area contributed by atoms with Gasteiger partial charge in [-0.1, -0.05) is 24.3 Å². The fourth-order valence-corrected chi connectivity index (χ4v) is 4.50. The average molecular weight is 400 g/mol. The number of hydrogen-bond acceptors (Lipinski definition) is 4. The highest BCUT2D eigenvalue weighted by Gasteiger charge is 2.29. The second-order valence-electron chi connectivity index (χ2n) is 8.04. The minimum atomic E-state index is 0.0424. The largest absolute Gasteiger partial charge is 0.357 e. The summed E-state index contributed by atoms with van der Waals surface area (Å²) in [4.78, 5) is 13.1. The van der Waals surface area contributed by atoms with E-state index >= 15 is 0 Å². The monoisotopic (exact) mass is 399 g/mol. The maximum atomic E-state index is 4.79. The second kappa shape index (κ2) is 9.05. The van der Waals surface area contributed by atoms with E-state index < -0.39 is 0 Å². The predicted octanol–water partition coefficient (Wildman–Crippen LogP) is 3.65. The Labute approximate surface area is 173 Å². The van der Waals surface area contributed by atoms with Crippen LogP contribution in [0.4, 0.5) is 0 Å². The van der Waals surface area contributed by atoms with Gasteiger partial charge in [-0.2, -0.15) is 0 Å². The van der Waals surface area contributed by atoms with Crippen LogP contribution in [0.3, 0.4) is 0 Å². The summed E-state index contributed by atoms with van der Waals surface area (Å²) in [5, 5.41) is 8.04. The van der Waals surface area contributed by atoms with Crippen molar-refractivity contribution >= 4 is 17.3 Å². The quantitative estimate of drug-likeness (QED) is 0.575. The van der Waals surface area contributed by atoms with Crippen LogP contribution in [-0.4, -0.2) is 41.0 Å². The van der Waals surface area contributed by atoms with Gasteiger partial charge in [0.15, 0.2) is 5.96 Å². The van der Waals surface area contributed by atoms with Crippen LogP contribution in [0, 0.1) is 13.8 Å². The van der Waals surface area contributed by atoms with Crippen LogP contribution in [0.15, 0.2) is 29.3 Å². The molecule has 2 heterocycles. The van der Waals surface area contributed by atoms with Gasteiger partial charge in [-0.25, -0.2) is 9.98 Å². The summed E-state index contributed by atoms with van der Waals surface area (Å²) in [7, 11) is 0. The molecule has 0 saturated heterocycles. The zero-order chi connectivity index (χ0) is 20.1. The predicted molar refractivity (Wildman–Crippen MR) is 119 cm³/mol. The van der Waals surface area contributed by atoms with Crippen LogP contribution < -0.4 is 10.6 Å². The molecule has 5 nitrogen and oxygen atoms in total. The van der Waals surface area contributed by atoms with E-state index in [4.69, 9.17) is 4.99 Å². The molecular formula is C22H33N5S. The highest BCUT2D eigenvalue weighted by molar-refractivity contribution is 7.11. The van der Waals surface area contributed by atoms with E-state index in [1.165, 1.54) is 16.0 Å². The fourth-order valence-electron chi connectivity index (χ4n) is 3.64. The molecule has 2 N–H and O–H groups in total. The van der Waals surface area contributed by atoms with Gasteiger partial charge in [-0.15, -0.1) is 11.3 Å². The highest BCUT2D eigenvalue weighted by atomic mass is 32.1. The third-order valence-corrected chi connectivity index (χ3v) is 6.46. The zero-order valence-corrected chi connectivity index (χ0v) is 18.6. The average Bonchev–Trinajstić information content (AvgIpc) is 3.00.